The first-order valence-corrected chi connectivity index (χ1v) is 8.56. The number of rotatable bonds is 7. The molecule has 25 heavy (non-hydrogen) atoms. The molecule has 1 N–H and O–H groups in total. The van der Waals surface area contributed by atoms with Gasteiger partial charge >= 0.3 is 0 Å². The lowest BCUT2D eigenvalue weighted by atomic mass is 9.93. The van der Waals surface area contributed by atoms with Crippen LogP contribution >= 0.6 is 0 Å². The Labute approximate surface area is 148 Å². The summed E-state index contributed by atoms with van der Waals surface area (Å²) in [7, 11) is 4.04. The SMILES string of the molecule is Cc1cccc2c(=O)n(CCC(=O)NCC(C)(C)CN(C)C)cnc12. The van der Waals surface area contributed by atoms with Gasteiger partial charge in [0.05, 0.1) is 17.2 Å². The van der Waals surface area contributed by atoms with Crippen molar-refractivity contribution >= 4 is 16.8 Å². The molecule has 0 aliphatic rings. The molecule has 0 aliphatic heterocycles. The molecular formula is C19H28N4O2. The van der Waals surface area contributed by atoms with E-state index in [4.69, 9.17) is 0 Å². The van der Waals surface area contributed by atoms with Gasteiger partial charge < -0.3 is 10.2 Å². The van der Waals surface area contributed by atoms with Gasteiger partial charge in [0.25, 0.3) is 5.56 Å². The van der Waals surface area contributed by atoms with E-state index in [1.807, 2.05) is 33.2 Å². The number of benzene rings is 1. The second-order valence-corrected chi connectivity index (χ2v) is 7.64. The minimum absolute atomic E-state index is 0.00196. The van der Waals surface area contributed by atoms with Crippen molar-refractivity contribution in [1.29, 1.82) is 0 Å². The average Bonchev–Trinajstić information content (AvgIpc) is 2.52. The highest BCUT2D eigenvalue weighted by Crippen LogP contribution is 2.14. The van der Waals surface area contributed by atoms with Crippen molar-refractivity contribution in [3.8, 4) is 0 Å². The Kier molecular flexibility index (Phi) is 5.95. The van der Waals surface area contributed by atoms with Gasteiger partial charge in [-0.15, -0.1) is 0 Å². The minimum atomic E-state index is -0.102. The lowest BCUT2D eigenvalue weighted by Crippen LogP contribution is -2.40. The van der Waals surface area contributed by atoms with Crippen molar-refractivity contribution < 1.29 is 4.79 Å². The van der Waals surface area contributed by atoms with Crippen LogP contribution in [0.2, 0.25) is 0 Å². The molecule has 6 nitrogen and oxygen atoms in total. The van der Waals surface area contributed by atoms with Crippen LogP contribution in [0.15, 0.2) is 29.3 Å². The fourth-order valence-electron chi connectivity index (χ4n) is 3.06. The van der Waals surface area contributed by atoms with Crippen LogP contribution in [0.25, 0.3) is 10.9 Å². The van der Waals surface area contributed by atoms with Gasteiger partial charge in [0.1, 0.15) is 0 Å². The summed E-state index contributed by atoms with van der Waals surface area (Å²) in [5, 5.41) is 3.56. The minimum Gasteiger partial charge on any atom is -0.355 e. The van der Waals surface area contributed by atoms with E-state index < -0.39 is 0 Å². The maximum absolute atomic E-state index is 12.5. The van der Waals surface area contributed by atoms with E-state index >= 15 is 0 Å². The second kappa shape index (κ2) is 7.78. The topological polar surface area (TPSA) is 67.2 Å². The molecule has 0 spiro atoms. The molecule has 1 amide bonds. The number of fused-ring (bicyclic) bond motifs is 1. The number of carbonyl (C=O) groups excluding carboxylic acids is 1. The summed E-state index contributed by atoms with van der Waals surface area (Å²) >= 11 is 0. The molecule has 1 aromatic carbocycles. The van der Waals surface area contributed by atoms with Gasteiger partial charge in [-0.2, -0.15) is 0 Å². The molecule has 0 fully saturated rings. The first kappa shape index (κ1) is 19.1. The summed E-state index contributed by atoms with van der Waals surface area (Å²) in [5.41, 5.74) is 1.59. The Morgan fingerprint density at radius 2 is 2.04 bits per heavy atom. The molecule has 0 saturated carbocycles. The smallest absolute Gasteiger partial charge is 0.261 e. The first-order chi connectivity index (χ1) is 11.7. The molecular weight excluding hydrogens is 316 g/mol. The van der Waals surface area contributed by atoms with Crippen molar-refractivity contribution in [3.63, 3.8) is 0 Å². The number of hydrogen-bond acceptors (Lipinski definition) is 4. The van der Waals surface area contributed by atoms with E-state index in [-0.39, 0.29) is 23.3 Å². The zero-order valence-electron chi connectivity index (χ0n) is 15.8. The number of nitrogens with one attached hydrogen (secondary N) is 1. The van der Waals surface area contributed by atoms with Gasteiger partial charge in [-0.05, 0) is 38.1 Å². The highest BCUT2D eigenvalue weighted by Gasteiger charge is 2.19. The molecule has 136 valence electrons. The third kappa shape index (κ3) is 5.13. The molecule has 2 rings (SSSR count). The van der Waals surface area contributed by atoms with E-state index in [2.05, 4.69) is 29.0 Å². The Hall–Kier alpha value is -2.21. The van der Waals surface area contributed by atoms with E-state index in [1.165, 1.54) is 10.9 Å². The van der Waals surface area contributed by atoms with Crippen LogP contribution in [0.4, 0.5) is 0 Å². The van der Waals surface area contributed by atoms with Crippen LogP contribution in [-0.2, 0) is 11.3 Å². The predicted octanol–water partition coefficient (Wildman–Crippen LogP) is 1.80. The molecule has 0 radical (unpaired) electrons. The summed E-state index contributed by atoms with van der Waals surface area (Å²) < 4.78 is 1.51. The zero-order valence-corrected chi connectivity index (χ0v) is 15.8. The van der Waals surface area contributed by atoms with Crippen LogP contribution < -0.4 is 10.9 Å². The van der Waals surface area contributed by atoms with Crippen molar-refractivity contribution in [1.82, 2.24) is 19.8 Å². The molecule has 0 saturated heterocycles. The highest BCUT2D eigenvalue weighted by atomic mass is 16.1. The van der Waals surface area contributed by atoms with Crippen molar-refractivity contribution in [3.05, 3.63) is 40.4 Å². The molecule has 2 aromatic rings. The summed E-state index contributed by atoms with van der Waals surface area (Å²) in [6, 6.07) is 5.56. The van der Waals surface area contributed by atoms with Gasteiger partial charge in [-0.1, -0.05) is 26.0 Å². The average molecular weight is 344 g/mol. The van der Waals surface area contributed by atoms with Gasteiger partial charge in [0, 0.05) is 26.1 Å². The van der Waals surface area contributed by atoms with E-state index in [0.717, 1.165) is 17.6 Å². The zero-order chi connectivity index (χ0) is 18.6. The molecule has 6 heteroatoms. The fraction of sp³-hybridized carbons (Fsp3) is 0.526. The first-order valence-electron chi connectivity index (χ1n) is 8.56. The van der Waals surface area contributed by atoms with Crippen molar-refractivity contribution in [2.24, 2.45) is 5.41 Å². The largest absolute Gasteiger partial charge is 0.355 e. The Morgan fingerprint density at radius 3 is 2.72 bits per heavy atom. The normalized spacial score (nSPS) is 11.9. The summed E-state index contributed by atoms with van der Waals surface area (Å²) in [4.78, 5) is 31.1. The molecule has 0 aliphatic carbocycles. The second-order valence-electron chi connectivity index (χ2n) is 7.64. The van der Waals surface area contributed by atoms with Crippen LogP contribution in [0, 0.1) is 12.3 Å². The van der Waals surface area contributed by atoms with Crippen molar-refractivity contribution in [2.75, 3.05) is 27.2 Å². The maximum atomic E-state index is 12.5. The Morgan fingerprint density at radius 1 is 1.32 bits per heavy atom. The highest BCUT2D eigenvalue weighted by molar-refractivity contribution is 5.80. The van der Waals surface area contributed by atoms with Crippen LogP contribution in [-0.4, -0.2) is 47.5 Å². The van der Waals surface area contributed by atoms with E-state index in [1.54, 1.807) is 6.07 Å². The number of para-hydroxylation sites is 1. The molecule has 1 heterocycles. The van der Waals surface area contributed by atoms with Crippen molar-refractivity contribution in [2.45, 2.75) is 33.7 Å². The number of aromatic nitrogens is 2. The number of carbonyl (C=O) groups is 1. The molecule has 1 aromatic heterocycles. The number of aryl methyl sites for hydroxylation is 2. The van der Waals surface area contributed by atoms with Gasteiger partial charge in [0.15, 0.2) is 0 Å². The fourth-order valence-corrected chi connectivity index (χ4v) is 3.06. The third-order valence-electron chi connectivity index (χ3n) is 4.14. The summed E-state index contributed by atoms with van der Waals surface area (Å²) in [6.07, 6.45) is 1.79. The van der Waals surface area contributed by atoms with Crippen LogP contribution in [0.1, 0.15) is 25.8 Å². The van der Waals surface area contributed by atoms with Crippen LogP contribution in [0.5, 0.6) is 0 Å². The van der Waals surface area contributed by atoms with Gasteiger partial charge in [0.2, 0.25) is 5.91 Å². The molecule has 0 atom stereocenters. The Balaban J connectivity index is 1.97. The van der Waals surface area contributed by atoms with E-state index in [9.17, 15) is 9.59 Å². The lowest BCUT2D eigenvalue weighted by molar-refractivity contribution is -0.121. The van der Waals surface area contributed by atoms with Gasteiger partial charge in [-0.3, -0.25) is 14.2 Å². The van der Waals surface area contributed by atoms with Crippen LogP contribution in [0.3, 0.4) is 0 Å². The number of amides is 1. The lowest BCUT2D eigenvalue weighted by Gasteiger charge is -2.28. The molecule has 0 unspecified atom stereocenters. The summed E-state index contributed by atoms with van der Waals surface area (Å²) in [6.45, 7) is 7.99. The number of nitrogens with zero attached hydrogens (tertiary/aromatic N) is 3. The van der Waals surface area contributed by atoms with Gasteiger partial charge in [-0.25, -0.2) is 4.98 Å². The number of hydrogen-bond donors (Lipinski definition) is 1. The summed E-state index contributed by atoms with van der Waals surface area (Å²) in [5.74, 6) is -0.0527. The molecule has 0 bridgehead atoms. The van der Waals surface area contributed by atoms with E-state index in [0.29, 0.717) is 18.5 Å². The standard InChI is InChI=1S/C19H28N4O2/c1-14-7-6-8-15-17(14)21-13-23(18(15)25)10-9-16(24)20-11-19(2,3)12-22(4)5/h6-8,13H,9-12H2,1-5H3,(H,20,24). The monoisotopic (exact) mass is 344 g/mol. The third-order valence-corrected chi connectivity index (χ3v) is 4.14. The predicted molar refractivity (Wildman–Crippen MR) is 101 cm³/mol. The quantitative estimate of drug-likeness (QED) is 0.832. The maximum Gasteiger partial charge on any atom is 0.261 e. The Bertz CT molecular complexity index is 809.